The van der Waals surface area contributed by atoms with Gasteiger partial charge in [0, 0.05) is 6.20 Å². The number of nitriles is 1. The fourth-order valence-electron chi connectivity index (χ4n) is 1.23. The molecular weight excluding hydrogens is 236 g/mol. The second-order valence-electron chi connectivity index (χ2n) is 3.26. The number of carbonyl (C=O) groups is 1. The van der Waals surface area contributed by atoms with Crippen molar-refractivity contribution in [3.63, 3.8) is 0 Å². The largest absolute Gasteiger partial charge is 0.306 e. The second-order valence-corrected chi connectivity index (χ2v) is 4.12. The molecular formula is C11H8N4OS. The first-order chi connectivity index (χ1) is 8.20. The molecule has 5 nitrogen and oxygen atoms in total. The predicted molar refractivity (Wildman–Crippen MR) is 63.8 cm³/mol. The monoisotopic (exact) mass is 244 g/mol. The molecule has 17 heavy (non-hydrogen) atoms. The number of amides is 1. The maximum absolute atomic E-state index is 11.8. The first-order valence-electron chi connectivity index (χ1n) is 4.78. The van der Waals surface area contributed by atoms with Crippen molar-refractivity contribution in [2.45, 2.75) is 6.92 Å². The van der Waals surface area contributed by atoms with Crippen LogP contribution in [0.15, 0.2) is 23.8 Å². The van der Waals surface area contributed by atoms with Gasteiger partial charge in [-0.15, -0.1) is 11.3 Å². The average Bonchev–Trinajstić information content (AvgIpc) is 2.76. The summed E-state index contributed by atoms with van der Waals surface area (Å²) in [4.78, 5) is 20.3. The molecule has 2 aromatic heterocycles. The Morgan fingerprint density at radius 3 is 2.82 bits per heavy atom. The highest BCUT2D eigenvalue weighted by Crippen LogP contribution is 2.14. The van der Waals surface area contributed by atoms with Gasteiger partial charge in [0.2, 0.25) is 0 Å². The molecule has 2 heterocycles. The third-order valence-corrected chi connectivity index (χ3v) is 3.01. The summed E-state index contributed by atoms with van der Waals surface area (Å²) in [5.74, 6) is 0.184. The van der Waals surface area contributed by atoms with Gasteiger partial charge in [-0.25, -0.2) is 9.97 Å². The van der Waals surface area contributed by atoms with E-state index in [1.54, 1.807) is 24.6 Å². The number of aromatic nitrogens is 2. The summed E-state index contributed by atoms with van der Waals surface area (Å²) in [5, 5.41) is 11.3. The van der Waals surface area contributed by atoms with Crippen LogP contribution in [0.25, 0.3) is 0 Å². The number of pyridine rings is 1. The number of rotatable bonds is 2. The summed E-state index contributed by atoms with van der Waals surface area (Å²) < 4.78 is 0. The molecule has 2 aromatic rings. The Kier molecular flexibility index (Phi) is 3.12. The van der Waals surface area contributed by atoms with E-state index in [1.165, 1.54) is 17.5 Å². The quantitative estimate of drug-likeness (QED) is 0.875. The summed E-state index contributed by atoms with van der Waals surface area (Å²) in [7, 11) is 0. The van der Waals surface area contributed by atoms with Crippen LogP contribution in [-0.4, -0.2) is 15.9 Å². The minimum Gasteiger partial charge on any atom is -0.306 e. The first kappa shape index (κ1) is 11.2. The van der Waals surface area contributed by atoms with Crippen LogP contribution in [0.1, 0.15) is 20.9 Å². The topological polar surface area (TPSA) is 78.7 Å². The molecule has 0 radical (unpaired) electrons. The maximum Gasteiger partial charge on any atom is 0.268 e. The first-order valence-corrected chi connectivity index (χ1v) is 5.66. The third kappa shape index (κ3) is 2.46. The normalized spacial score (nSPS) is 9.65. The molecule has 0 aliphatic rings. The average molecular weight is 244 g/mol. The van der Waals surface area contributed by atoms with E-state index in [0.29, 0.717) is 22.0 Å². The molecule has 1 amide bonds. The number of anilines is 1. The van der Waals surface area contributed by atoms with Crippen LogP contribution in [0.3, 0.4) is 0 Å². The molecule has 0 saturated heterocycles. The third-order valence-electron chi connectivity index (χ3n) is 2.09. The Morgan fingerprint density at radius 2 is 2.29 bits per heavy atom. The molecule has 0 fully saturated rings. The van der Waals surface area contributed by atoms with Gasteiger partial charge in [0.25, 0.3) is 5.91 Å². The molecule has 84 valence electrons. The zero-order valence-electron chi connectivity index (χ0n) is 8.97. The highest BCUT2D eigenvalue weighted by atomic mass is 32.1. The van der Waals surface area contributed by atoms with Gasteiger partial charge < -0.3 is 5.32 Å². The van der Waals surface area contributed by atoms with E-state index >= 15 is 0 Å². The summed E-state index contributed by atoms with van der Waals surface area (Å²) >= 11 is 1.28. The Labute approximate surface area is 102 Å². The number of hydrogen-bond acceptors (Lipinski definition) is 5. The van der Waals surface area contributed by atoms with Gasteiger partial charge >= 0.3 is 0 Å². The minimum absolute atomic E-state index is 0.234. The Morgan fingerprint density at radius 1 is 1.47 bits per heavy atom. The lowest BCUT2D eigenvalue weighted by Gasteiger charge is -2.02. The molecule has 0 bridgehead atoms. The van der Waals surface area contributed by atoms with Gasteiger partial charge in [-0.3, -0.25) is 4.79 Å². The summed E-state index contributed by atoms with van der Waals surface area (Å²) in [6.07, 6.45) is 1.41. The smallest absolute Gasteiger partial charge is 0.268 e. The maximum atomic E-state index is 11.8. The lowest BCUT2D eigenvalue weighted by molar-refractivity contribution is 0.102. The van der Waals surface area contributed by atoms with Gasteiger partial charge in [-0.05, 0) is 19.1 Å². The number of aryl methyl sites for hydroxylation is 1. The summed E-state index contributed by atoms with van der Waals surface area (Å²) in [6.45, 7) is 1.78. The van der Waals surface area contributed by atoms with E-state index in [2.05, 4.69) is 15.3 Å². The second kappa shape index (κ2) is 4.72. The van der Waals surface area contributed by atoms with Crippen LogP contribution >= 0.6 is 11.3 Å². The highest BCUT2D eigenvalue weighted by molar-refractivity contribution is 7.12. The number of thiazole rings is 1. The molecule has 0 unspecified atom stereocenters. The van der Waals surface area contributed by atoms with Gasteiger partial charge in [0.15, 0.2) is 0 Å². The van der Waals surface area contributed by atoms with Crippen molar-refractivity contribution >= 4 is 23.1 Å². The molecule has 6 heteroatoms. The fraction of sp³-hybridized carbons (Fsp3) is 0.0909. The van der Waals surface area contributed by atoms with Crippen molar-refractivity contribution < 1.29 is 4.79 Å². The molecule has 0 aromatic carbocycles. The van der Waals surface area contributed by atoms with Crippen molar-refractivity contribution in [3.8, 4) is 6.07 Å². The predicted octanol–water partition coefficient (Wildman–Crippen LogP) is 1.97. The molecule has 0 spiro atoms. The van der Waals surface area contributed by atoms with Crippen molar-refractivity contribution in [3.05, 3.63) is 40.0 Å². The SMILES string of the molecule is Cc1ncsc1C(=O)Nc1ccc(C#N)cn1. The van der Waals surface area contributed by atoms with E-state index in [9.17, 15) is 4.79 Å². The van der Waals surface area contributed by atoms with Crippen LogP contribution in [0, 0.1) is 18.3 Å². The Bertz CT molecular complexity index is 582. The van der Waals surface area contributed by atoms with Crippen molar-refractivity contribution in [1.82, 2.24) is 9.97 Å². The van der Waals surface area contributed by atoms with Crippen LogP contribution in [0.5, 0.6) is 0 Å². The lowest BCUT2D eigenvalue weighted by Crippen LogP contribution is -2.12. The van der Waals surface area contributed by atoms with E-state index in [0.717, 1.165) is 0 Å². The van der Waals surface area contributed by atoms with Crippen molar-refractivity contribution in [2.24, 2.45) is 0 Å². The zero-order chi connectivity index (χ0) is 12.3. The number of carbonyl (C=O) groups excluding carboxylic acids is 1. The molecule has 1 N–H and O–H groups in total. The number of nitrogens with one attached hydrogen (secondary N) is 1. The minimum atomic E-state index is -0.234. The van der Waals surface area contributed by atoms with Crippen molar-refractivity contribution in [2.75, 3.05) is 5.32 Å². The fourth-order valence-corrected chi connectivity index (χ4v) is 1.92. The van der Waals surface area contributed by atoms with Crippen LogP contribution in [0.2, 0.25) is 0 Å². The van der Waals surface area contributed by atoms with Gasteiger partial charge in [0.05, 0.1) is 16.8 Å². The molecule has 0 aliphatic heterocycles. The molecule has 0 atom stereocenters. The lowest BCUT2D eigenvalue weighted by atomic mass is 10.3. The summed E-state index contributed by atoms with van der Waals surface area (Å²) in [5.41, 5.74) is 2.77. The van der Waals surface area contributed by atoms with Crippen LogP contribution in [-0.2, 0) is 0 Å². The van der Waals surface area contributed by atoms with Crippen LogP contribution in [0.4, 0.5) is 5.82 Å². The van der Waals surface area contributed by atoms with Gasteiger partial charge in [-0.1, -0.05) is 0 Å². The van der Waals surface area contributed by atoms with Gasteiger partial charge in [0.1, 0.15) is 16.8 Å². The molecule has 2 rings (SSSR count). The highest BCUT2D eigenvalue weighted by Gasteiger charge is 2.12. The standard InChI is InChI=1S/C11H8N4OS/c1-7-10(17-6-14-7)11(16)15-9-3-2-8(4-12)5-13-9/h2-3,5-6H,1H3,(H,13,15,16). The van der Waals surface area contributed by atoms with Crippen molar-refractivity contribution in [1.29, 1.82) is 5.26 Å². The zero-order valence-corrected chi connectivity index (χ0v) is 9.78. The van der Waals surface area contributed by atoms with Gasteiger partial charge in [-0.2, -0.15) is 5.26 Å². The number of hydrogen-bond donors (Lipinski definition) is 1. The molecule has 0 aliphatic carbocycles. The van der Waals surface area contributed by atoms with E-state index in [1.807, 2.05) is 6.07 Å². The van der Waals surface area contributed by atoms with E-state index in [-0.39, 0.29) is 5.91 Å². The summed E-state index contributed by atoms with van der Waals surface area (Å²) in [6, 6.07) is 5.15. The van der Waals surface area contributed by atoms with Crippen LogP contribution < -0.4 is 5.32 Å². The number of nitrogens with zero attached hydrogens (tertiary/aromatic N) is 3. The van der Waals surface area contributed by atoms with E-state index < -0.39 is 0 Å². The Balaban J connectivity index is 2.14. The molecule has 0 saturated carbocycles. The Hall–Kier alpha value is -2.26. The van der Waals surface area contributed by atoms with E-state index in [4.69, 9.17) is 5.26 Å².